The number of likely N-dealkylation sites (tertiary alicyclic amines) is 1. The summed E-state index contributed by atoms with van der Waals surface area (Å²) in [6.45, 7) is 4.98. The number of halogens is 2. The van der Waals surface area contributed by atoms with Gasteiger partial charge in [-0.25, -0.2) is 4.98 Å². The Morgan fingerprint density at radius 2 is 2.24 bits per heavy atom. The molecule has 94 valence electrons. The van der Waals surface area contributed by atoms with Crippen molar-refractivity contribution in [2.24, 2.45) is 11.7 Å². The SMILES string of the molecule is CC1CCN(Cc2ccc(Cl)nc2Cl)CC1N. The summed E-state index contributed by atoms with van der Waals surface area (Å²) in [5.74, 6) is 0.602. The van der Waals surface area contributed by atoms with Gasteiger partial charge in [0.1, 0.15) is 10.3 Å². The molecule has 2 rings (SSSR count). The van der Waals surface area contributed by atoms with E-state index in [1.54, 1.807) is 6.07 Å². The summed E-state index contributed by atoms with van der Waals surface area (Å²) in [6.07, 6.45) is 1.14. The van der Waals surface area contributed by atoms with Crippen molar-refractivity contribution in [2.45, 2.75) is 25.9 Å². The summed E-state index contributed by atoms with van der Waals surface area (Å²) >= 11 is 11.8. The van der Waals surface area contributed by atoms with Crippen LogP contribution in [0.2, 0.25) is 10.3 Å². The lowest BCUT2D eigenvalue weighted by molar-refractivity contribution is 0.162. The molecule has 1 aromatic rings. The highest BCUT2D eigenvalue weighted by Crippen LogP contribution is 2.21. The van der Waals surface area contributed by atoms with Crippen molar-refractivity contribution in [1.82, 2.24) is 9.88 Å². The van der Waals surface area contributed by atoms with Crippen LogP contribution in [0.4, 0.5) is 0 Å². The molecule has 1 aromatic heterocycles. The highest BCUT2D eigenvalue weighted by molar-refractivity contribution is 6.32. The van der Waals surface area contributed by atoms with Gasteiger partial charge in [0, 0.05) is 24.7 Å². The molecule has 0 amide bonds. The Kier molecular flexibility index (Phi) is 4.26. The van der Waals surface area contributed by atoms with Gasteiger partial charge in [0.15, 0.2) is 0 Å². The van der Waals surface area contributed by atoms with E-state index in [-0.39, 0.29) is 6.04 Å². The van der Waals surface area contributed by atoms with E-state index in [0.717, 1.165) is 31.6 Å². The van der Waals surface area contributed by atoms with E-state index in [4.69, 9.17) is 28.9 Å². The lowest BCUT2D eigenvalue weighted by Crippen LogP contribution is -2.47. The quantitative estimate of drug-likeness (QED) is 0.843. The predicted octanol–water partition coefficient (Wildman–Crippen LogP) is 2.56. The van der Waals surface area contributed by atoms with E-state index >= 15 is 0 Å². The van der Waals surface area contributed by atoms with Crippen LogP contribution in [0.15, 0.2) is 12.1 Å². The molecule has 0 aromatic carbocycles. The van der Waals surface area contributed by atoms with Gasteiger partial charge >= 0.3 is 0 Å². The fraction of sp³-hybridized carbons (Fsp3) is 0.583. The molecule has 1 aliphatic heterocycles. The average molecular weight is 274 g/mol. The minimum atomic E-state index is 0.253. The van der Waals surface area contributed by atoms with Crippen LogP contribution in [0.3, 0.4) is 0 Å². The maximum absolute atomic E-state index is 6.07. The molecular weight excluding hydrogens is 257 g/mol. The maximum Gasteiger partial charge on any atom is 0.135 e. The van der Waals surface area contributed by atoms with Gasteiger partial charge in [-0.1, -0.05) is 36.2 Å². The average Bonchev–Trinajstić information content (AvgIpc) is 2.27. The monoisotopic (exact) mass is 273 g/mol. The Morgan fingerprint density at radius 1 is 1.47 bits per heavy atom. The zero-order valence-electron chi connectivity index (χ0n) is 9.87. The molecule has 17 heavy (non-hydrogen) atoms. The van der Waals surface area contributed by atoms with Crippen LogP contribution >= 0.6 is 23.2 Å². The van der Waals surface area contributed by atoms with E-state index in [2.05, 4.69) is 16.8 Å². The molecule has 1 fully saturated rings. The molecule has 1 aliphatic rings. The van der Waals surface area contributed by atoms with Crippen LogP contribution in [0, 0.1) is 5.92 Å². The first-order valence-corrected chi connectivity index (χ1v) is 6.60. The third-order valence-corrected chi connectivity index (χ3v) is 3.92. The Hall–Kier alpha value is -0.350. The second-order valence-electron chi connectivity index (χ2n) is 4.75. The summed E-state index contributed by atoms with van der Waals surface area (Å²) in [5, 5.41) is 0.924. The first kappa shape index (κ1) is 13.1. The number of hydrogen-bond donors (Lipinski definition) is 1. The minimum Gasteiger partial charge on any atom is -0.326 e. The predicted molar refractivity (Wildman–Crippen MR) is 71.3 cm³/mol. The van der Waals surface area contributed by atoms with Gasteiger partial charge in [-0.05, 0) is 24.9 Å². The second-order valence-corrected chi connectivity index (χ2v) is 5.49. The number of hydrogen-bond acceptors (Lipinski definition) is 3. The molecule has 2 atom stereocenters. The summed E-state index contributed by atoms with van der Waals surface area (Å²) in [5.41, 5.74) is 7.08. The highest BCUT2D eigenvalue weighted by atomic mass is 35.5. The van der Waals surface area contributed by atoms with E-state index in [1.165, 1.54) is 0 Å². The van der Waals surface area contributed by atoms with Crippen molar-refractivity contribution in [3.8, 4) is 0 Å². The zero-order valence-corrected chi connectivity index (χ0v) is 11.4. The molecule has 2 unspecified atom stereocenters. The number of aromatic nitrogens is 1. The van der Waals surface area contributed by atoms with Crippen LogP contribution in [-0.4, -0.2) is 29.0 Å². The third kappa shape index (κ3) is 3.32. The van der Waals surface area contributed by atoms with E-state index < -0.39 is 0 Å². The Balaban J connectivity index is 2.01. The van der Waals surface area contributed by atoms with Crippen molar-refractivity contribution in [2.75, 3.05) is 13.1 Å². The van der Waals surface area contributed by atoms with Gasteiger partial charge in [-0.15, -0.1) is 0 Å². The second kappa shape index (κ2) is 5.53. The molecule has 0 radical (unpaired) electrons. The van der Waals surface area contributed by atoms with Gasteiger partial charge < -0.3 is 5.73 Å². The number of nitrogens with two attached hydrogens (primary N) is 1. The van der Waals surface area contributed by atoms with Crippen LogP contribution < -0.4 is 5.73 Å². The van der Waals surface area contributed by atoms with Crippen LogP contribution in [0.1, 0.15) is 18.9 Å². The standard InChI is InChI=1S/C12H17Cl2N3/c1-8-4-5-17(7-10(8)15)6-9-2-3-11(13)16-12(9)14/h2-3,8,10H,4-7,15H2,1H3. The van der Waals surface area contributed by atoms with Crippen LogP contribution in [-0.2, 0) is 6.54 Å². The third-order valence-electron chi connectivity index (χ3n) is 3.39. The fourth-order valence-electron chi connectivity index (χ4n) is 2.11. The maximum atomic E-state index is 6.07. The van der Waals surface area contributed by atoms with Crippen molar-refractivity contribution >= 4 is 23.2 Å². The number of pyridine rings is 1. The van der Waals surface area contributed by atoms with Crippen molar-refractivity contribution in [3.63, 3.8) is 0 Å². The molecule has 5 heteroatoms. The summed E-state index contributed by atoms with van der Waals surface area (Å²) in [6, 6.07) is 3.96. The molecule has 0 bridgehead atoms. The lowest BCUT2D eigenvalue weighted by atomic mass is 9.94. The first-order valence-electron chi connectivity index (χ1n) is 5.85. The molecule has 0 aliphatic carbocycles. The summed E-state index contributed by atoms with van der Waals surface area (Å²) in [7, 11) is 0. The number of nitrogens with zero attached hydrogens (tertiary/aromatic N) is 2. The Labute approximate surface area is 112 Å². The van der Waals surface area contributed by atoms with Gasteiger partial charge in [0.25, 0.3) is 0 Å². The van der Waals surface area contributed by atoms with E-state index in [1.807, 2.05) is 6.07 Å². The van der Waals surface area contributed by atoms with Crippen molar-refractivity contribution in [3.05, 3.63) is 28.0 Å². The van der Waals surface area contributed by atoms with Gasteiger partial charge in [0.05, 0.1) is 0 Å². The normalized spacial score (nSPS) is 26.1. The zero-order chi connectivity index (χ0) is 12.4. The van der Waals surface area contributed by atoms with Crippen molar-refractivity contribution < 1.29 is 0 Å². The number of rotatable bonds is 2. The van der Waals surface area contributed by atoms with Crippen LogP contribution in [0.5, 0.6) is 0 Å². The molecule has 3 nitrogen and oxygen atoms in total. The molecular formula is C12H17Cl2N3. The Bertz CT molecular complexity index is 397. The number of piperidine rings is 1. The molecule has 0 saturated carbocycles. The lowest BCUT2D eigenvalue weighted by Gasteiger charge is -2.35. The van der Waals surface area contributed by atoms with Crippen molar-refractivity contribution in [1.29, 1.82) is 0 Å². The van der Waals surface area contributed by atoms with Gasteiger partial charge in [-0.2, -0.15) is 0 Å². The molecule has 2 heterocycles. The van der Waals surface area contributed by atoms with E-state index in [9.17, 15) is 0 Å². The molecule has 2 N–H and O–H groups in total. The van der Waals surface area contributed by atoms with Gasteiger partial charge in [0.2, 0.25) is 0 Å². The molecule has 1 saturated heterocycles. The Morgan fingerprint density at radius 3 is 2.88 bits per heavy atom. The summed E-state index contributed by atoms with van der Waals surface area (Å²) in [4.78, 5) is 6.37. The highest BCUT2D eigenvalue weighted by Gasteiger charge is 2.23. The fourth-order valence-corrected chi connectivity index (χ4v) is 2.52. The smallest absolute Gasteiger partial charge is 0.135 e. The summed E-state index contributed by atoms with van der Waals surface area (Å²) < 4.78 is 0. The molecule has 0 spiro atoms. The van der Waals surface area contributed by atoms with E-state index in [0.29, 0.717) is 16.2 Å². The minimum absolute atomic E-state index is 0.253. The topological polar surface area (TPSA) is 42.2 Å². The van der Waals surface area contributed by atoms with Gasteiger partial charge in [-0.3, -0.25) is 4.90 Å². The van der Waals surface area contributed by atoms with Crippen LogP contribution in [0.25, 0.3) is 0 Å². The largest absolute Gasteiger partial charge is 0.326 e. The first-order chi connectivity index (χ1) is 8.06.